The number of carboxylic acids is 1. The molecule has 1 aromatic rings. The van der Waals surface area contributed by atoms with E-state index in [0.29, 0.717) is 6.42 Å². The molecule has 6 N–H and O–H groups in total. The van der Waals surface area contributed by atoms with Crippen LogP contribution in [0.1, 0.15) is 53.0 Å². The first-order valence-electron chi connectivity index (χ1n) is 11.4. The Morgan fingerprint density at radius 3 is 1.94 bits per heavy atom. The van der Waals surface area contributed by atoms with Gasteiger partial charge in [-0.05, 0) is 24.3 Å². The van der Waals surface area contributed by atoms with Gasteiger partial charge in [0.15, 0.2) is 0 Å². The monoisotopic (exact) mass is 462 g/mol. The van der Waals surface area contributed by atoms with Crippen molar-refractivity contribution in [2.45, 2.75) is 78.0 Å². The molecule has 0 aromatic heterocycles. The van der Waals surface area contributed by atoms with Crippen LogP contribution in [0.4, 0.5) is 0 Å². The van der Waals surface area contributed by atoms with E-state index in [9.17, 15) is 24.3 Å². The van der Waals surface area contributed by atoms with Gasteiger partial charge in [0.2, 0.25) is 17.7 Å². The van der Waals surface area contributed by atoms with Crippen LogP contribution in [0.3, 0.4) is 0 Å². The summed E-state index contributed by atoms with van der Waals surface area (Å²) in [4.78, 5) is 49.7. The third-order valence-corrected chi connectivity index (χ3v) is 6.00. The predicted octanol–water partition coefficient (Wildman–Crippen LogP) is 1.21. The molecule has 0 aliphatic heterocycles. The molecule has 3 amide bonds. The standard InChI is InChI=1S/C24H38N4O5/c1-6-14(3)19(25)22(30)26-16(5)21(29)28-20(15(4)7-2)23(31)27-18(24(32)33)13-17-11-9-8-10-12-17/h8-12,14-16,18-20H,6-7,13,25H2,1-5H3,(H,26,30)(H,27,31)(H,28,29)(H,32,33). The highest BCUT2D eigenvalue weighted by molar-refractivity contribution is 5.94. The van der Waals surface area contributed by atoms with Gasteiger partial charge in [-0.2, -0.15) is 0 Å². The van der Waals surface area contributed by atoms with E-state index in [1.54, 1.807) is 31.2 Å². The molecule has 0 radical (unpaired) electrons. The average molecular weight is 463 g/mol. The molecule has 0 bridgehead atoms. The van der Waals surface area contributed by atoms with E-state index in [1.165, 1.54) is 6.92 Å². The topological polar surface area (TPSA) is 151 Å². The van der Waals surface area contributed by atoms with E-state index in [2.05, 4.69) is 16.0 Å². The van der Waals surface area contributed by atoms with Crippen LogP contribution in [-0.2, 0) is 25.6 Å². The first-order chi connectivity index (χ1) is 15.5. The Balaban J connectivity index is 2.86. The molecule has 33 heavy (non-hydrogen) atoms. The number of hydrogen-bond acceptors (Lipinski definition) is 5. The van der Waals surface area contributed by atoms with E-state index in [0.717, 1.165) is 12.0 Å². The molecule has 0 spiro atoms. The molecule has 0 saturated carbocycles. The van der Waals surface area contributed by atoms with Crippen LogP contribution in [0, 0.1) is 11.8 Å². The van der Waals surface area contributed by atoms with Crippen molar-refractivity contribution >= 4 is 23.7 Å². The van der Waals surface area contributed by atoms with Crippen LogP contribution in [0.5, 0.6) is 0 Å². The van der Waals surface area contributed by atoms with Crippen molar-refractivity contribution in [3.63, 3.8) is 0 Å². The van der Waals surface area contributed by atoms with Crippen molar-refractivity contribution < 1.29 is 24.3 Å². The van der Waals surface area contributed by atoms with Crippen LogP contribution in [0.25, 0.3) is 0 Å². The largest absolute Gasteiger partial charge is 0.480 e. The first kappa shape index (κ1) is 28.1. The maximum Gasteiger partial charge on any atom is 0.326 e. The molecule has 6 atom stereocenters. The second kappa shape index (κ2) is 13.6. The fourth-order valence-corrected chi connectivity index (χ4v) is 3.18. The van der Waals surface area contributed by atoms with Crippen LogP contribution in [-0.4, -0.2) is 53.0 Å². The highest BCUT2D eigenvalue weighted by Crippen LogP contribution is 2.11. The van der Waals surface area contributed by atoms with Crippen molar-refractivity contribution in [3.05, 3.63) is 35.9 Å². The zero-order chi connectivity index (χ0) is 25.1. The number of rotatable bonds is 13. The van der Waals surface area contributed by atoms with E-state index in [-0.39, 0.29) is 18.3 Å². The summed E-state index contributed by atoms with van der Waals surface area (Å²) in [6, 6.07) is 5.22. The summed E-state index contributed by atoms with van der Waals surface area (Å²) in [5.74, 6) is -3.04. The quantitative estimate of drug-likeness (QED) is 0.297. The fourth-order valence-electron chi connectivity index (χ4n) is 3.18. The predicted molar refractivity (Wildman–Crippen MR) is 126 cm³/mol. The lowest BCUT2D eigenvalue weighted by atomic mass is 9.96. The van der Waals surface area contributed by atoms with E-state index >= 15 is 0 Å². The molecule has 1 aromatic carbocycles. The van der Waals surface area contributed by atoms with Crippen molar-refractivity contribution in [3.8, 4) is 0 Å². The minimum absolute atomic E-state index is 0.0449. The van der Waals surface area contributed by atoms with Gasteiger partial charge in [-0.15, -0.1) is 0 Å². The van der Waals surface area contributed by atoms with Gasteiger partial charge < -0.3 is 26.8 Å². The lowest BCUT2D eigenvalue weighted by molar-refractivity contribution is -0.142. The number of carbonyl (C=O) groups excluding carboxylic acids is 3. The van der Waals surface area contributed by atoms with Crippen molar-refractivity contribution in [1.82, 2.24) is 16.0 Å². The molecular weight excluding hydrogens is 424 g/mol. The van der Waals surface area contributed by atoms with Crippen LogP contribution >= 0.6 is 0 Å². The average Bonchev–Trinajstić information content (AvgIpc) is 2.80. The molecule has 0 aliphatic carbocycles. The number of benzene rings is 1. The summed E-state index contributed by atoms with van der Waals surface area (Å²) < 4.78 is 0. The Hall–Kier alpha value is -2.94. The van der Waals surface area contributed by atoms with Crippen LogP contribution < -0.4 is 21.7 Å². The number of aliphatic carboxylic acids is 1. The highest BCUT2D eigenvalue weighted by atomic mass is 16.4. The number of hydrogen-bond donors (Lipinski definition) is 5. The minimum Gasteiger partial charge on any atom is -0.480 e. The Labute approximate surface area is 195 Å². The lowest BCUT2D eigenvalue weighted by Crippen LogP contribution is -2.58. The lowest BCUT2D eigenvalue weighted by Gasteiger charge is -2.27. The highest BCUT2D eigenvalue weighted by Gasteiger charge is 2.32. The Morgan fingerprint density at radius 1 is 0.848 bits per heavy atom. The molecule has 0 aliphatic rings. The SMILES string of the molecule is CCC(C)C(N)C(=O)NC(C)C(=O)NC(C(=O)NC(Cc1ccccc1)C(=O)O)C(C)CC. The molecule has 0 fully saturated rings. The number of amides is 3. The molecule has 184 valence electrons. The van der Waals surface area contributed by atoms with Gasteiger partial charge >= 0.3 is 5.97 Å². The first-order valence-corrected chi connectivity index (χ1v) is 11.4. The van der Waals surface area contributed by atoms with Gasteiger partial charge in [0.05, 0.1) is 6.04 Å². The smallest absolute Gasteiger partial charge is 0.326 e. The Bertz CT molecular complexity index is 801. The third kappa shape index (κ3) is 8.84. The van der Waals surface area contributed by atoms with Gasteiger partial charge in [-0.3, -0.25) is 14.4 Å². The molecule has 6 unspecified atom stereocenters. The number of nitrogens with one attached hydrogen (secondary N) is 3. The Morgan fingerprint density at radius 2 is 1.42 bits per heavy atom. The van der Waals surface area contributed by atoms with Gasteiger partial charge in [0.1, 0.15) is 18.1 Å². The fraction of sp³-hybridized carbons (Fsp3) is 0.583. The zero-order valence-corrected chi connectivity index (χ0v) is 20.1. The van der Waals surface area contributed by atoms with Gasteiger partial charge in [-0.25, -0.2) is 4.79 Å². The van der Waals surface area contributed by atoms with Crippen LogP contribution in [0.2, 0.25) is 0 Å². The van der Waals surface area contributed by atoms with E-state index in [4.69, 9.17) is 5.73 Å². The summed E-state index contributed by atoms with van der Waals surface area (Å²) in [5, 5.41) is 17.4. The summed E-state index contributed by atoms with van der Waals surface area (Å²) in [6.07, 6.45) is 1.41. The molecular formula is C24H38N4O5. The maximum absolute atomic E-state index is 13.0. The van der Waals surface area contributed by atoms with Gasteiger partial charge in [-0.1, -0.05) is 70.9 Å². The minimum atomic E-state index is -1.17. The van der Waals surface area contributed by atoms with Gasteiger partial charge in [0.25, 0.3) is 0 Å². The maximum atomic E-state index is 13.0. The van der Waals surface area contributed by atoms with E-state index in [1.807, 2.05) is 26.8 Å². The molecule has 0 saturated heterocycles. The molecule has 1 rings (SSSR count). The number of nitrogens with two attached hydrogens (primary N) is 1. The van der Waals surface area contributed by atoms with E-state index < -0.39 is 47.9 Å². The zero-order valence-electron chi connectivity index (χ0n) is 20.1. The van der Waals surface area contributed by atoms with Crippen LogP contribution in [0.15, 0.2) is 30.3 Å². The van der Waals surface area contributed by atoms with Crippen molar-refractivity contribution in [2.75, 3.05) is 0 Å². The normalized spacial score (nSPS) is 16.4. The second-order valence-corrected chi connectivity index (χ2v) is 8.60. The number of carbonyl (C=O) groups is 4. The summed E-state index contributed by atoms with van der Waals surface area (Å²) >= 11 is 0. The third-order valence-electron chi connectivity index (χ3n) is 6.00. The molecule has 9 nitrogen and oxygen atoms in total. The molecule has 9 heteroatoms. The summed E-state index contributed by atoms with van der Waals surface area (Å²) in [7, 11) is 0. The number of carboxylic acid groups (broad SMARTS) is 1. The van der Waals surface area contributed by atoms with Crippen molar-refractivity contribution in [2.24, 2.45) is 17.6 Å². The van der Waals surface area contributed by atoms with Gasteiger partial charge in [0, 0.05) is 6.42 Å². The second-order valence-electron chi connectivity index (χ2n) is 8.60. The summed E-state index contributed by atoms with van der Waals surface area (Å²) in [6.45, 7) is 8.95. The molecule has 0 heterocycles. The Kier molecular flexibility index (Phi) is 11.6. The van der Waals surface area contributed by atoms with Crippen molar-refractivity contribution in [1.29, 1.82) is 0 Å². The summed E-state index contributed by atoms with van der Waals surface area (Å²) in [5.41, 5.74) is 6.69.